The van der Waals surface area contributed by atoms with Gasteiger partial charge in [0, 0.05) is 5.41 Å². The van der Waals surface area contributed by atoms with Crippen molar-refractivity contribution in [3.05, 3.63) is 35.9 Å². The minimum atomic E-state index is -0.576. The highest BCUT2D eigenvalue weighted by molar-refractivity contribution is 5.75. The molecule has 1 N–H and O–H groups in total. The molecule has 0 saturated heterocycles. The molecular weight excluding hydrogens is 278 g/mol. The van der Waals surface area contributed by atoms with Crippen LogP contribution >= 0.6 is 0 Å². The van der Waals surface area contributed by atoms with Gasteiger partial charge in [0.25, 0.3) is 0 Å². The van der Waals surface area contributed by atoms with Gasteiger partial charge in [0.05, 0.1) is 6.04 Å². The van der Waals surface area contributed by atoms with E-state index >= 15 is 0 Å². The minimum Gasteiger partial charge on any atom is -0.444 e. The van der Waals surface area contributed by atoms with E-state index in [4.69, 9.17) is 4.74 Å². The van der Waals surface area contributed by atoms with Crippen LogP contribution in [0.5, 0.6) is 0 Å². The van der Waals surface area contributed by atoms with E-state index in [2.05, 4.69) is 5.32 Å². The maximum atomic E-state index is 12.1. The lowest BCUT2D eigenvalue weighted by Gasteiger charge is -2.35. The highest BCUT2D eigenvalue weighted by Gasteiger charge is 2.43. The van der Waals surface area contributed by atoms with Gasteiger partial charge in [0.2, 0.25) is 0 Å². The first-order valence-corrected chi connectivity index (χ1v) is 7.88. The average molecular weight is 303 g/mol. The summed E-state index contributed by atoms with van der Waals surface area (Å²) in [4.78, 5) is 23.8. The van der Waals surface area contributed by atoms with Gasteiger partial charge in [-0.1, -0.05) is 43.2 Å². The molecule has 0 aromatic heterocycles. The summed E-state index contributed by atoms with van der Waals surface area (Å²) in [6, 6.07) is 9.43. The van der Waals surface area contributed by atoms with Crippen LogP contribution < -0.4 is 5.32 Å². The van der Waals surface area contributed by atoms with E-state index in [1.165, 1.54) is 0 Å². The lowest BCUT2D eigenvalue weighted by Crippen LogP contribution is -2.51. The summed E-state index contributed by atoms with van der Waals surface area (Å²) in [6.45, 7) is 5.43. The standard InChI is InChI=1S/C18H25NO3/c1-17(2,3)22-16(21)19-15(13-20)18(11-7-8-12-18)14-9-5-4-6-10-14/h4-6,9-10,13,15H,7-8,11-12H2,1-3H3,(H,19,21). The first kappa shape index (κ1) is 16.5. The molecule has 0 radical (unpaired) electrons. The van der Waals surface area contributed by atoms with Crippen LogP contribution in [-0.2, 0) is 14.9 Å². The number of rotatable bonds is 4. The fourth-order valence-corrected chi connectivity index (χ4v) is 3.29. The molecule has 1 unspecified atom stereocenters. The van der Waals surface area contributed by atoms with Gasteiger partial charge in [-0.15, -0.1) is 0 Å². The Morgan fingerprint density at radius 3 is 2.32 bits per heavy atom. The van der Waals surface area contributed by atoms with E-state index in [0.29, 0.717) is 0 Å². The lowest BCUT2D eigenvalue weighted by molar-refractivity contribution is -0.111. The van der Waals surface area contributed by atoms with Crippen molar-refractivity contribution in [2.75, 3.05) is 0 Å². The van der Waals surface area contributed by atoms with Gasteiger partial charge >= 0.3 is 6.09 Å². The minimum absolute atomic E-state index is 0.320. The molecular formula is C18H25NO3. The molecule has 1 aromatic carbocycles. The molecule has 1 aliphatic rings. The number of nitrogens with one attached hydrogen (secondary N) is 1. The third-order valence-electron chi connectivity index (χ3n) is 4.25. The molecule has 1 amide bonds. The van der Waals surface area contributed by atoms with Gasteiger partial charge in [-0.25, -0.2) is 4.79 Å². The van der Waals surface area contributed by atoms with Crippen LogP contribution in [0.1, 0.15) is 52.0 Å². The van der Waals surface area contributed by atoms with Gasteiger partial charge < -0.3 is 14.8 Å². The maximum absolute atomic E-state index is 12.1. The van der Waals surface area contributed by atoms with E-state index in [-0.39, 0.29) is 5.41 Å². The number of hydrogen-bond acceptors (Lipinski definition) is 3. The largest absolute Gasteiger partial charge is 0.444 e. The van der Waals surface area contributed by atoms with E-state index in [1.807, 2.05) is 51.1 Å². The van der Waals surface area contributed by atoms with Crippen LogP contribution in [0.3, 0.4) is 0 Å². The summed E-state index contributed by atoms with van der Waals surface area (Å²) < 4.78 is 5.30. The summed E-state index contributed by atoms with van der Waals surface area (Å²) in [5.41, 5.74) is 0.216. The van der Waals surface area contributed by atoms with Crippen LogP contribution in [0.25, 0.3) is 0 Å². The van der Waals surface area contributed by atoms with E-state index in [1.54, 1.807) is 0 Å². The summed E-state index contributed by atoms with van der Waals surface area (Å²) in [6.07, 6.45) is 4.24. The molecule has 1 aromatic rings. The van der Waals surface area contributed by atoms with Crippen LogP contribution in [0.4, 0.5) is 4.79 Å². The number of hydrogen-bond donors (Lipinski definition) is 1. The molecule has 0 aliphatic heterocycles. The highest BCUT2D eigenvalue weighted by atomic mass is 16.6. The van der Waals surface area contributed by atoms with Crippen molar-refractivity contribution in [3.63, 3.8) is 0 Å². The van der Waals surface area contributed by atoms with Crippen molar-refractivity contribution in [2.45, 2.75) is 63.5 Å². The molecule has 0 bridgehead atoms. The highest BCUT2D eigenvalue weighted by Crippen LogP contribution is 2.43. The predicted octanol–water partition coefficient (Wildman–Crippen LogP) is 3.59. The SMILES string of the molecule is CC(C)(C)OC(=O)NC(C=O)C1(c2ccccc2)CCCC1. The van der Waals surface area contributed by atoms with E-state index in [0.717, 1.165) is 37.5 Å². The maximum Gasteiger partial charge on any atom is 0.408 e. The van der Waals surface area contributed by atoms with Gasteiger partial charge in [0.1, 0.15) is 11.9 Å². The Labute approximate surface area is 132 Å². The molecule has 120 valence electrons. The monoisotopic (exact) mass is 303 g/mol. The fourth-order valence-electron chi connectivity index (χ4n) is 3.29. The summed E-state index contributed by atoms with van der Waals surface area (Å²) in [7, 11) is 0. The van der Waals surface area contributed by atoms with Gasteiger partial charge in [-0.05, 0) is 39.2 Å². The number of aldehydes is 1. The number of benzene rings is 1. The molecule has 1 aliphatic carbocycles. The second-order valence-electron chi connectivity index (χ2n) is 6.99. The molecule has 1 saturated carbocycles. The zero-order valence-corrected chi connectivity index (χ0v) is 13.6. The number of ether oxygens (including phenoxy) is 1. The number of carbonyl (C=O) groups is 2. The zero-order valence-electron chi connectivity index (χ0n) is 13.6. The number of amides is 1. The smallest absolute Gasteiger partial charge is 0.408 e. The Kier molecular flexibility index (Phi) is 4.89. The third kappa shape index (κ3) is 3.67. The predicted molar refractivity (Wildman–Crippen MR) is 85.8 cm³/mol. The molecule has 0 heterocycles. The van der Waals surface area contributed by atoms with Gasteiger partial charge in [0.15, 0.2) is 0 Å². The lowest BCUT2D eigenvalue weighted by atomic mass is 9.73. The Morgan fingerprint density at radius 2 is 1.82 bits per heavy atom. The fraction of sp³-hybridized carbons (Fsp3) is 0.556. The zero-order chi connectivity index (χ0) is 16.2. The van der Waals surface area contributed by atoms with Gasteiger partial charge in [-0.2, -0.15) is 0 Å². The van der Waals surface area contributed by atoms with E-state index in [9.17, 15) is 9.59 Å². The van der Waals surface area contributed by atoms with Crippen molar-refractivity contribution in [3.8, 4) is 0 Å². The second kappa shape index (κ2) is 6.51. The third-order valence-corrected chi connectivity index (χ3v) is 4.25. The summed E-state index contributed by atoms with van der Waals surface area (Å²) in [5.74, 6) is 0. The quantitative estimate of drug-likeness (QED) is 0.865. The summed E-state index contributed by atoms with van der Waals surface area (Å²) in [5, 5.41) is 2.78. The molecule has 0 spiro atoms. The Hall–Kier alpha value is -1.84. The molecule has 1 fully saturated rings. The van der Waals surface area contributed by atoms with Crippen molar-refractivity contribution >= 4 is 12.4 Å². The Bertz CT molecular complexity index is 513. The average Bonchev–Trinajstić information content (AvgIpc) is 2.94. The van der Waals surface area contributed by atoms with Crippen LogP contribution in [-0.4, -0.2) is 24.0 Å². The van der Waals surface area contributed by atoms with E-state index < -0.39 is 17.7 Å². The van der Waals surface area contributed by atoms with Crippen molar-refractivity contribution in [1.29, 1.82) is 0 Å². The first-order valence-electron chi connectivity index (χ1n) is 7.88. The Balaban J connectivity index is 2.23. The van der Waals surface area contributed by atoms with Crippen molar-refractivity contribution in [2.24, 2.45) is 0 Å². The second-order valence-corrected chi connectivity index (χ2v) is 6.99. The number of carbonyl (C=O) groups excluding carboxylic acids is 2. The molecule has 22 heavy (non-hydrogen) atoms. The van der Waals surface area contributed by atoms with Gasteiger partial charge in [-0.3, -0.25) is 0 Å². The topological polar surface area (TPSA) is 55.4 Å². The normalized spacial score (nSPS) is 18.5. The van der Waals surface area contributed by atoms with Crippen LogP contribution in [0.2, 0.25) is 0 Å². The first-order chi connectivity index (χ1) is 10.4. The summed E-state index contributed by atoms with van der Waals surface area (Å²) >= 11 is 0. The van der Waals surface area contributed by atoms with Crippen molar-refractivity contribution < 1.29 is 14.3 Å². The molecule has 1 atom stereocenters. The molecule has 4 nitrogen and oxygen atoms in total. The van der Waals surface area contributed by atoms with Crippen LogP contribution in [0.15, 0.2) is 30.3 Å². The molecule has 2 rings (SSSR count). The Morgan fingerprint density at radius 1 is 1.23 bits per heavy atom. The number of alkyl carbamates (subject to hydrolysis) is 1. The molecule has 4 heteroatoms. The van der Waals surface area contributed by atoms with Crippen LogP contribution in [0, 0.1) is 0 Å². The van der Waals surface area contributed by atoms with Crippen molar-refractivity contribution in [1.82, 2.24) is 5.32 Å².